The molecule has 8 heteroatoms. The molecule has 0 aliphatic rings. The molecule has 0 atom stereocenters. The van der Waals surface area contributed by atoms with E-state index in [-0.39, 0.29) is 30.0 Å². The van der Waals surface area contributed by atoms with Crippen LogP contribution >= 0.6 is 34.8 Å². The van der Waals surface area contributed by atoms with Crippen molar-refractivity contribution in [1.29, 1.82) is 0 Å². The fraction of sp³-hybridized carbons (Fsp3) is 0.176. The second-order valence-corrected chi connectivity index (χ2v) is 6.31. The Labute approximate surface area is 160 Å². The average molecular weight is 402 g/mol. The highest BCUT2D eigenvalue weighted by Gasteiger charge is 2.15. The number of likely N-dealkylation sites (N-methyl/N-ethyl adjacent to an activating group) is 1. The van der Waals surface area contributed by atoms with Crippen LogP contribution in [0.5, 0.6) is 5.75 Å². The molecule has 0 radical (unpaired) electrons. The normalized spacial score (nSPS) is 10.2. The lowest BCUT2D eigenvalue weighted by Crippen LogP contribution is -2.37. The van der Waals surface area contributed by atoms with Gasteiger partial charge < -0.3 is 15.0 Å². The fourth-order valence-electron chi connectivity index (χ4n) is 1.90. The van der Waals surface area contributed by atoms with Crippen LogP contribution in [0.2, 0.25) is 15.1 Å². The number of carbonyl (C=O) groups is 2. The number of anilines is 1. The van der Waals surface area contributed by atoms with E-state index in [4.69, 9.17) is 39.5 Å². The summed E-state index contributed by atoms with van der Waals surface area (Å²) in [6.45, 7) is -0.410. The van der Waals surface area contributed by atoms with Gasteiger partial charge in [0.15, 0.2) is 6.61 Å². The molecule has 2 aromatic rings. The Morgan fingerprint density at radius 1 is 1.04 bits per heavy atom. The summed E-state index contributed by atoms with van der Waals surface area (Å²) in [7, 11) is 1.50. The third kappa shape index (κ3) is 5.53. The zero-order valence-electron chi connectivity index (χ0n) is 13.3. The molecule has 0 aliphatic heterocycles. The Kier molecular flexibility index (Phi) is 6.93. The molecule has 132 valence electrons. The maximum absolute atomic E-state index is 12.1. The first-order valence-electron chi connectivity index (χ1n) is 7.23. The molecular weight excluding hydrogens is 387 g/mol. The molecule has 0 aromatic heterocycles. The Hall–Kier alpha value is -1.95. The molecule has 1 N–H and O–H groups in total. The molecule has 2 aromatic carbocycles. The van der Waals surface area contributed by atoms with Gasteiger partial charge in [-0.1, -0.05) is 53.0 Å². The molecule has 0 fully saturated rings. The summed E-state index contributed by atoms with van der Waals surface area (Å²) < 4.78 is 5.36. The SMILES string of the molecule is CN(CC(=O)Nc1ccccc1Cl)C(=O)COc1cccc(Cl)c1Cl. The quantitative estimate of drug-likeness (QED) is 0.792. The number of amides is 2. The minimum absolute atomic E-state index is 0.142. The van der Waals surface area contributed by atoms with Crippen molar-refractivity contribution in [2.45, 2.75) is 0 Å². The zero-order chi connectivity index (χ0) is 18.4. The highest BCUT2D eigenvalue weighted by molar-refractivity contribution is 6.42. The first-order valence-corrected chi connectivity index (χ1v) is 8.37. The van der Waals surface area contributed by atoms with Crippen LogP contribution in [-0.4, -0.2) is 36.9 Å². The van der Waals surface area contributed by atoms with E-state index in [0.29, 0.717) is 21.5 Å². The molecular formula is C17H15Cl3N2O3. The van der Waals surface area contributed by atoms with E-state index in [2.05, 4.69) is 5.32 Å². The van der Waals surface area contributed by atoms with Gasteiger partial charge in [0.25, 0.3) is 5.91 Å². The van der Waals surface area contributed by atoms with Crippen LogP contribution < -0.4 is 10.1 Å². The van der Waals surface area contributed by atoms with E-state index in [9.17, 15) is 9.59 Å². The van der Waals surface area contributed by atoms with Crippen LogP contribution in [0.25, 0.3) is 0 Å². The van der Waals surface area contributed by atoms with Gasteiger partial charge in [0.2, 0.25) is 5.91 Å². The topological polar surface area (TPSA) is 58.6 Å². The van der Waals surface area contributed by atoms with Crippen LogP contribution in [0.1, 0.15) is 0 Å². The first kappa shape index (κ1) is 19.4. The molecule has 5 nitrogen and oxygen atoms in total. The lowest BCUT2D eigenvalue weighted by atomic mass is 10.3. The molecule has 0 heterocycles. The van der Waals surface area contributed by atoms with Gasteiger partial charge in [-0.05, 0) is 24.3 Å². The average Bonchev–Trinajstić information content (AvgIpc) is 2.58. The Bertz CT molecular complexity index is 783. The number of carbonyl (C=O) groups excluding carboxylic acids is 2. The lowest BCUT2D eigenvalue weighted by molar-refractivity contribution is -0.135. The monoisotopic (exact) mass is 400 g/mol. The van der Waals surface area contributed by atoms with Crippen molar-refractivity contribution in [2.24, 2.45) is 0 Å². The predicted octanol–water partition coefficient (Wildman–Crippen LogP) is 4.12. The first-order chi connectivity index (χ1) is 11.9. The van der Waals surface area contributed by atoms with E-state index < -0.39 is 0 Å². The van der Waals surface area contributed by atoms with Gasteiger partial charge in [-0.25, -0.2) is 0 Å². The number of halogens is 3. The third-order valence-corrected chi connectivity index (χ3v) is 4.35. The summed E-state index contributed by atoms with van der Waals surface area (Å²) >= 11 is 17.8. The Morgan fingerprint density at radius 2 is 1.72 bits per heavy atom. The van der Waals surface area contributed by atoms with Gasteiger partial charge in [0.05, 0.1) is 22.3 Å². The second-order valence-electron chi connectivity index (χ2n) is 5.12. The minimum Gasteiger partial charge on any atom is -0.482 e. The van der Waals surface area contributed by atoms with Crippen molar-refractivity contribution in [3.63, 3.8) is 0 Å². The summed E-state index contributed by atoms with van der Waals surface area (Å²) in [6, 6.07) is 11.7. The second kappa shape index (κ2) is 8.94. The number of nitrogens with one attached hydrogen (secondary N) is 1. The highest BCUT2D eigenvalue weighted by atomic mass is 35.5. The van der Waals surface area contributed by atoms with E-state index in [0.717, 1.165) is 0 Å². The largest absolute Gasteiger partial charge is 0.482 e. The van der Waals surface area contributed by atoms with E-state index in [1.807, 2.05) is 0 Å². The lowest BCUT2D eigenvalue weighted by Gasteiger charge is -2.17. The number of ether oxygens (including phenoxy) is 1. The van der Waals surface area contributed by atoms with Crippen molar-refractivity contribution in [1.82, 2.24) is 4.90 Å². The summed E-state index contributed by atoms with van der Waals surface area (Å²) in [5, 5.41) is 3.63. The Balaban J connectivity index is 1.86. The highest BCUT2D eigenvalue weighted by Crippen LogP contribution is 2.31. The van der Waals surface area contributed by atoms with E-state index in [1.165, 1.54) is 11.9 Å². The van der Waals surface area contributed by atoms with Crippen molar-refractivity contribution in [3.05, 3.63) is 57.5 Å². The van der Waals surface area contributed by atoms with Gasteiger partial charge in [0, 0.05) is 7.05 Å². The summed E-state index contributed by atoms with van der Waals surface area (Å²) in [4.78, 5) is 25.3. The van der Waals surface area contributed by atoms with Crippen LogP contribution in [0, 0.1) is 0 Å². The number of nitrogens with zero attached hydrogens (tertiary/aromatic N) is 1. The molecule has 0 spiro atoms. The fourth-order valence-corrected chi connectivity index (χ4v) is 2.43. The zero-order valence-corrected chi connectivity index (χ0v) is 15.5. The van der Waals surface area contributed by atoms with Gasteiger partial charge in [-0.3, -0.25) is 9.59 Å². The van der Waals surface area contributed by atoms with Gasteiger partial charge in [0.1, 0.15) is 10.8 Å². The Morgan fingerprint density at radius 3 is 2.44 bits per heavy atom. The maximum Gasteiger partial charge on any atom is 0.260 e. The summed E-state index contributed by atoms with van der Waals surface area (Å²) in [5.74, 6) is -0.452. The molecule has 0 bridgehead atoms. The number of benzene rings is 2. The van der Waals surface area contributed by atoms with Crippen molar-refractivity contribution in [3.8, 4) is 5.75 Å². The molecule has 2 rings (SSSR count). The van der Waals surface area contributed by atoms with Crippen molar-refractivity contribution >= 4 is 52.3 Å². The van der Waals surface area contributed by atoms with Crippen LogP contribution in [-0.2, 0) is 9.59 Å². The van der Waals surface area contributed by atoms with Crippen molar-refractivity contribution in [2.75, 3.05) is 25.5 Å². The predicted molar refractivity (Wildman–Crippen MR) is 99.7 cm³/mol. The number of para-hydroxylation sites is 1. The summed E-state index contributed by atoms with van der Waals surface area (Å²) in [5.41, 5.74) is 0.483. The van der Waals surface area contributed by atoms with Gasteiger partial charge >= 0.3 is 0 Å². The minimum atomic E-state index is -0.384. The molecule has 2 amide bonds. The number of hydrogen-bond acceptors (Lipinski definition) is 3. The van der Waals surface area contributed by atoms with Crippen LogP contribution in [0.3, 0.4) is 0 Å². The van der Waals surface area contributed by atoms with Gasteiger partial charge in [-0.15, -0.1) is 0 Å². The molecule has 0 aliphatic carbocycles. The number of rotatable bonds is 6. The molecule has 0 saturated carbocycles. The van der Waals surface area contributed by atoms with Crippen LogP contribution in [0.4, 0.5) is 5.69 Å². The number of hydrogen-bond donors (Lipinski definition) is 1. The van der Waals surface area contributed by atoms with Gasteiger partial charge in [-0.2, -0.15) is 0 Å². The van der Waals surface area contributed by atoms with Crippen molar-refractivity contribution < 1.29 is 14.3 Å². The summed E-state index contributed by atoms with van der Waals surface area (Å²) in [6.07, 6.45) is 0. The molecule has 0 unspecified atom stereocenters. The third-order valence-electron chi connectivity index (χ3n) is 3.22. The van der Waals surface area contributed by atoms with E-state index in [1.54, 1.807) is 42.5 Å². The smallest absolute Gasteiger partial charge is 0.260 e. The standard InChI is InChI=1S/C17H15Cl3N2O3/c1-22(9-15(23)21-13-7-3-2-5-11(13)18)16(24)10-25-14-8-4-6-12(19)17(14)20/h2-8H,9-10H2,1H3,(H,21,23). The maximum atomic E-state index is 12.1. The van der Waals surface area contributed by atoms with E-state index >= 15 is 0 Å². The van der Waals surface area contributed by atoms with Crippen LogP contribution in [0.15, 0.2) is 42.5 Å². The molecule has 25 heavy (non-hydrogen) atoms. The molecule has 0 saturated heterocycles.